The Bertz CT molecular complexity index is 671. The van der Waals surface area contributed by atoms with E-state index in [1.165, 1.54) is 25.5 Å². The second-order valence-corrected chi connectivity index (χ2v) is 8.93. The third-order valence-corrected chi connectivity index (χ3v) is 6.30. The molecule has 0 bridgehead atoms. The van der Waals surface area contributed by atoms with Crippen LogP contribution in [0.1, 0.15) is 32.1 Å². The van der Waals surface area contributed by atoms with Gasteiger partial charge in [-0.3, -0.25) is 4.79 Å². The van der Waals surface area contributed by atoms with E-state index in [2.05, 4.69) is 4.90 Å². The molecule has 5 nitrogen and oxygen atoms in total. The van der Waals surface area contributed by atoms with Gasteiger partial charge in [0.05, 0.1) is 4.90 Å². The fourth-order valence-electron chi connectivity index (χ4n) is 3.70. The summed E-state index contributed by atoms with van der Waals surface area (Å²) < 4.78 is 23.1. The highest BCUT2D eigenvalue weighted by Crippen LogP contribution is 2.26. The molecule has 1 saturated carbocycles. The van der Waals surface area contributed by atoms with Crippen LogP contribution in [-0.4, -0.2) is 51.7 Å². The van der Waals surface area contributed by atoms with Crippen LogP contribution in [0.5, 0.6) is 0 Å². The number of hydrogen-bond acceptors (Lipinski definition) is 4. The monoisotopic (exact) mass is 350 g/mol. The topological polar surface area (TPSA) is 57.7 Å². The predicted octanol–water partition coefficient (Wildman–Crippen LogP) is 2.32. The van der Waals surface area contributed by atoms with E-state index in [0.29, 0.717) is 10.8 Å². The van der Waals surface area contributed by atoms with Gasteiger partial charge in [0.15, 0.2) is 9.84 Å². The van der Waals surface area contributed by atoms with E-state index in [4.69, 9.17) is 0 Å². The quantitative estimate of drug-likeness (QED) is 0.839. The van der Waals surface area contributed by atoms with Crippen molar-refractivity contribution in [2.24, 2.45) is 5.92 Å². The maximum Gasteiger partial charge on any atom is 0.225 e. The number of piperazine rings is 1. The molecule has 0 aromatic heterocycles. The van der Waals surface area contributed by atoms with Gasteiger partial charge in [-0.25, -0.2) is 8.42 Å². The van der Waals surface area contributed by atoms with Gasteiger partial charge in [-0.2, -0.15) is 0 Å². The zero-order valence-corrected chi connectivity index (χ0v) is 15.1. The average Bonchev–Trinajstić information content (AvgIpc) is 2.61. The number of benzene rings is 1. The van der Waals surface area contributed by atoms with Crippen molar-refractivity contribution in [1.82, 2.24) is 4.90 Å². The summed E-state index contributed by atoms with van der Waals surface area (Å²) in [4.78, 5) is 17.2. The molecule has 1 amide bonds. The Morgan fingerprint density at radius 1 is 0.958 bits per heavy atom. The minimum absolute atomic E-state index is 0.236. The molecule has 6 heteroatoms. The minimum atomic E-state index is -3.15. The molecule has 1 aromatic rings. The fourth-order valence-corrected chi connectivity index (χ4v) is 4.33. The molecule has 24 heavy (non-hydrogen) atoms. The van der Waals surface area contributed by atoms with Crippen molar-refractivity contribution < 1.29 is 13.2 Å². The molecule has 1 aliphatic heterocycles. The van der Waals surface area contributed by atoms with Gasteiger partial charge in [-0.05, 0) is 37.1 Å². The summed E-state index contributed by atoms with van der Waals surface area (Å²) in [5.74, 6) is 0.570. The van der Waals surface area contributed by atoms with Gasteiger partial charge in [0.2, 0.25) is 5.91 Å². The highest BCUT2D eigenvalue weighted by Gasteiger charge is 2.28. The average molecular weight is 350 g/mol. The van der Waals surface area contributed by atoms with Crippen LogP contribution in [0.25, 0.3) is 0 Å². The minimum Gasteiger partial charge on any atom is -0.368 e. The summed E-state index contributed by atoms with van der Waals surface area (Å²) in [6.07, 6.45) is 6.95. The second-order valence-electron chi connectivity index (χ2n) is 6.91. The van der Waals surface area contributed by atoms with Gasteiger partial charge < -0.3 is 9.80 Å². The maximum absolute atomic E-state index is 12.6. The molecule has 0 spiro atoms. The Labute approximate surface area is 144 Å². The molecule has 0 N–H and O–H groups in total. The molecule has 3 rings (SSSR count). The van der Waals surface area contributed by atoms with Crippen molar-refractivity contribution in [2.75, 3.05) is 37.3 Å². The molecule has 1 aromatic carbocycles. The summed E-state index contributed by atoms with van der Waals surface area (Å²) in [6, 6.07) is 7.03. The lowest BCUT2D eigenvalue weighted by molar-refractivity contribution is -0.136. The van der Waals surface area contributed by atoms with Gasteiger partial charge in [-0.1, -0.05) is 19.3 Å². The fraction of sp³-hybridized carbons (Fsp3) is 0.611. The number of amides is 1. The molecular formula is C18H26N2O3S. The predicted molar refractivity (Wildman–Crippen MR) is 94.9 cm³/mol. The highest BCUT2D eigenvalue weighted by molar-refractivity contribution is 7.90. The van der Waals surface area contributed by atoms with Crippen LogP contribution in [0, 0.1) is 5.92 Å². The first-order valence-electron chi connectivity index (χ1n) is 8.79. The third kappa shape index (κ3) is 3.91. The molecule has 0 radical (unpaired) electrons. The van der Waals surface area contributed by atoms with Gasteiger partial charge in [0.25, 0.3) is 0 Å². The van der Waals surface area contributed by atoms with E-state index in [1.807, 2.05) is 17.0 Å². The molecule has 0 unspecified atom stereocenters. The van der Waals surface area contributed by atoms with Crippen molar-refractivity contribution in [2.45, 2.75) is 37.0 Å². The molecule has 1 heterocycles. The van der Waals surface area contributed by atoms with Gasteiger partial charge in [-0.15, -0.1) is 0 Å². The van der Waals surface area contributed by atoms with Crippen LogP contribution < -0.4 is 4.90 Å². The number of rotatable bonds is 3. The summed E-state index contributed by atoms with van der Waals surface area (Å²) >= 11 is 0. The zero-order chi connectivity index (χ0) is 17.2. The highest BCUT2D eigenvalue weighted by atomic mass is 32.2. The number of anilines is 1. The van der Waals surface area contributed by atoms with Crippen molar-refractivity contribution in [3.63, 3.8) is 0 Å². The lowest BCUT2D eigenvalue weighted by Gasteiger charge is -2.38. The number of carbonyl (C=O) groups is 1. The second kappa shape index (κ2) is 7.13. The first-order chi connectivity index (χ1) is 11.4. The zero-order valence-electron chi connectivity index (χ0n) is 14.3. The first kappa shape index (κ1) is 17.3. The Balaban J connectivity index is 1.57. The Morgan fingerprint density at radius 2 is 1.54 bits per heavy atom. The number of sulfone groups is 1. The Kier molecular flexibility index (Phi) is 5.13. The van der Waals surface area contributed by atoms with Crippen molar-refractivity contribution in [3.05, 3.63) is 24.3 Å². The standard InChI is InChI=1S/C18H26N2O3S/c1-24(22,23)17-9-7-16(8-10-17)19-11-13-20(14-12-19)18(21)15-5-3-2-4-6-15/h7-10,15H,2-6,11-14H2,1H3. The first-order valence-corrected chi connectivity index (χ1v) is 10.7. The SMILES string of the molecule is CS(=O)(=O)c1ccc(N2CCN(C(=O)C3CCCCC3)CC2)cc1. The number of hydrogen-bond donors (Lipinski definition) is 0. The van der Waals surface area contributed by atoms with Crippen LogP contribution in [0.15, 0.2) is 29.2 Å². The van der Waals surface area contributed by atoms with Gasteiger partial charge in [0.1, 0.15) is 0 Å². The number of carbonyl (C=O) groups excluding carboxylic acids is 1. The van der Waals surface area contributed by atoms with Gasteiger partial charge >= 0.3 is 0 Å². The lowest BCUT2D eigenvalue weighted by atomic mass is 9.88. The van der Waals surface area contributed by atoms with Crippen molar-refractivity contribution in [3.8, 4) is 0 Å². The molecule has 1 aliphatic carbocycles. The van der Waals surface area contributed by atoms with Crippen LogP contribution in [0.3, 0.4) is 0 Å². The lowest BCUT2D eigenvalue weighted by Crippen LogP contribution is -2.50. The summed E-state index contributed by atoms with van der Waals surface area (Å²) in [6.45, 7) is 3.11. The summed E-state index contributed by atoms with van der Waals surface area (Å²) in [5.41, 5.74) is 1.02. The Hall–Kier alpha value is -1.56. The molecule has 2 fully saturated rings. The largest absolute Gasteiger partial charge is 0.368 e. The van der Waals surface area contributed by atoms with Crippen LogP contribution in [0.2, 0.25) is 0 Å². The van der Waals surface area contributed by atoms with Gasteiger partial charge in [0, 0.05) is 44.0 Å². The number of nitrogens with zero attached hydrogens (tertiary/aromatic N) is 2. The third-order valence-electron chi connectivity index (χ3n) is 5.18. The van der Waals surface area contributed by atoms with Crippen molar-refractivity contribution >= 4 is 21.4 Å². The van der Waals surface area contributed by atoms with Crippen LogP contribution in [-0.2, 0) is 14.6 Å². The summed E-state index contributed by atoms with van der Waals surface area (Å²) in [7, 11) is -3.15. The van der Waals surface area contributed by atoms with E-state index < -0.39 is 9.84 Å². The van der Waals surface area contributed by atoms with E-state index in [9.17, 15) is 13.2 Å². The van der Waals surface area contributed by atoms with Crippen molar-refractivity contribution in [1.29, 1.82) is 0 Å². The molecular weight excluding hydrogens is 324 g/mol. The van der Waals surface area contributed by atoms with Crippen LogP contribution >= 0.6 is 0 Å². The normalized spacial score (nSPS) is 20.2. The molecule has 2 aliphatic rings. The van der Waals surface area contributed by atoms with E-state index in [-0.39, 0.29) is 5.92 Å². The molecule has 0 atom stereocenters. The maximum atomic E-state index is 12.6. The molecule has 132 valence electrons. The van der Waals surface area contributed by atoms with E-state index in [1.54, 1.807) is 12.1 Å². The molecule has 1 saturated heterocycles. The Morgan fingerprint density at radius 3 is 2.08 bits per heavy atom. The van der Waals surface area contributed by atoms with Crippen LogP contribution in [0.4, 0.5) is 5.69 Å². The van der Waals surface area contributed by atoms with E-state index in [0.717, 1.165) is 44.7 Å². The smallest absolute Gasteiger partial charge is 0.225 e. The van der Waals surface area contributed by atoms with E-state index >= 15 is 0 Å². The summed E-state index contributed by atoms with van der Waals surface area (Å²) in [5, 5.41) is 0.